The van der Waals surface area contributed by atoms with E-state index in [9.17, 15) is 1.37 Å². The summed E-state index contributed by atoms with van der Waals surface area (Å²) < 4.78 is 103. The number of nitrogens with zero attached hydrogens (tertiary/aromatic N) is 3. The zero-order valence-corrected chi connectivity index (χ0v) is 25.6. The number of hydrogen-bond acceptors (Lipinski definition) is 4. The van der Waals surface area contributed by atoms with Gasteiger partial charge in [0, 0.05) is 33.0 Å². The van der Waals surface area contributed by atoms with Crippen molar-refractivity contribution in [2.24, 2.45) is 0 Å². The molecule has 0 atom stereocenters. The van der Waals surface area contributed by atoms with Gasteiger partial charge in [-0.25, -0.2) is 15.0 Å². The van der Waals surface area contributed by atoms with Crippen LogP contribution in [0.2, 0.25) is 0 Å². The SMILES string of the molecule is [2H]c1c([2H])c(-c2nc(-c3ccc(-c4ccccc4)cc3)nc(-c3cccc(-c4ccccc4)c3)n2)c([2H])c(-c2c([2H])c([2H])c([2H])c3c2oc2c([2H])c([2H])c([2H])c([2H])c23)c1[2H]. The largest absolute Gasteiger partial charge is 0.455 e. The van der Waals surface area contributed by atoms with Crippen molar-refractivity contribution >= 4 is 21.9 Å². The van der Waals surface area contributed by atoms with Crippen LogP contribution in [0.25, 0.3) is 89.5 Å². The summed E-state index contributed by atoms with van der Waals surface area (Å²) in [5, 5.41) is -0.406. The second-order valence-corrected chi connectivity index (χ2v) is 11.2. The van der Waals surface area contributed by atoms with Crippen molar-refractivity contribution in [1.29, 1.82) is 0 Å². The van der Waals surface area contributed by atoms with Crippen LogP contribution in [0.3, 0.4) is 0 Å². The highest BCUT2D eigenvalue weighted by molar-refractivity contribution is 6.09. The summed E-state index contributed by atoms with van der Waals surface area (Å²) in [6, 6.07) is 28.1. The van der Waals surface area contributed by atoms with Gasteiger partial charge >= 0.3 is 0 Å². The van der Waals surface area contributed by atoms with Gasteiger partial charge in [0.1, 0.15) is 11.2 Å². The number of fused-ring (bicyclic) bond motifs is 3. The van der Waals surface area contributed by atoms with Crippen LogP contribution in [0, 0.1) is 0 Å². The molecule has 49 heavy (non-hydrogen) atoms. The van der Waals surface area contributed by atoms with Crippen LogP contribution < -0.4 is 0 Å². The molecule has 7 aromatic carbocycles. The topological polar surface area (TPSA) is 51.8 Å². The molecule has 2 aromatic heterocycles. The Morgan fingerprint density at radius 1 is 0.408 bits per heavy atom. The first-order valence-electron chi connectivity index (χ1n) is 21.0. The maximum Gasteiger partial charge on any atom is 0.164 e. The number of para-hydroxylation sites is 2. The second kappa shape index (κ2) is 12.2. The Hall–Kier alpha value is -6.65. The first kappa shape index (κ1) is 19.2. The lowest BCUT2D eigenvalue weighted by Crippen LogP contribution is -2.00. The molecule has 0 fully saturated rings. The molecular weight excluding hydrogens is 599 g/mol. The van der Waals surface area contributed by atoms with Crippen molar-refractivity contribution in [3.63, 3.8) is 0 Å². The summed E-state index contributed by atoms with van der Waals surface area (Å²) in [5.41, 5.74) is 3.26. The monoisotopic (exact) mass is 638 g/mol. The predicted octanol–water partition coefficient (Wildman–Crippen LogP) is 11.8. The Morgan fingerprint density at radius 3 is 1.73 bits per heavy atom. The fourth-order valence-electron chi connectivity index (χ4n) is 5.74. The smallest absolute Gasteiger partial charge is 0.164 e. The first-order valence-corrected chi connectivity index (χ1v) is 15.5. The lowest BCUT2D eigenvalue weighted by molar-refractivity contribution is 0.670. The Kier molecular flexibility index (Phi) is 4.78. The molecule has 0 N–H and O–H groups in total. The average molecular weight is 639 g/mol. The Bertz CT molecular complexity index is 3210. The molecule has 0 bridgehead atoms. The van der Waals surface area contributed by atoms with Gasteiger partial charge < -0.3 is 4.42 Å². The fraction of sp³-hybridized carbons (Fsp3) is 0. The third-order valence-electron chi connectivity index (χ3n) is 8.15. The van der Waals surface area contributed by atoms with Gasteiger partial charge in [0.2, 0.25) is 0 Å². The van der Waals surface area contributed by atoms with E-state index < -0.39 is 72.0 Å². The number of rotatable bonds is 6. The molecule has 0 aliphatic rings. The molecular formula is C45H29N3O. The summed E-state index contributed by atoms with van der Waals surface area (Å²) >= 11 is 0. The van der Waals surface area contributed by atoms with Gasteiger partial charge in [0.05, 0.1) is 15.1 Å². The van der Waals surface area contributed by atoms with E-state index in [1.807, 2.05) is 109 Å². The van der Waals surface area contributed by atoms with Crippen LogP contribution in [0.5, 0.6) is 0 Å². The van der Waals surface area contributed by atoms with Crippen LogP contribution in [0.4, 0.5) is 0 Å². The highest BCUT2D eigenvalue weighted by atomic mass is 16.3. The molecule has 0 spiro atoms. The standard InChI is InChI=1S/C45H29N3O/c1-3-12-30(13-4-1)32-24-26-33(27-25-32)43-46-44(36-18-9-16-34(28-36)31-14-5-2-6-15-31)48-45(47-43)37-19-10-17-35(29-37)38-21-11-22-40-39-20-7-8-23-41(39)49-42(38)40/h1-29H/i7D,8D,10D,11D,17D,19D,20D,21D,22D,23D,29D. The lowest BCUT2D eigenvalue weighted by atomic mass is 10.00. The molecule has 0 unspecified atom stereocenters. The third kappa shape index (κ3) is 5.45. The molecule has 0 saturated carbocycles. The molecule has 0 aliphatic carbocycles. The molecule has 9 rings (SSSR count). The van der Waals surface area contributed by atoms with Gasteiger partial charge in [-0.3, -0.25) is 0 Å². The highest BCUT2D eigenvalue weighted by Crippen LogP contribution is 2.37. The molecule has 230 valence electrons. The van der Waals surface area contributed by atoms with E-state index in [1.165, 1.54) is 0 Å². The van der Waals surface area contributed by atoms with E-state index in [4.69, 9.17) is 33.1 Å². The minimum atomic E-state index is -0.656. The zero-order valence-electron chi connectivity index (χ0n) is 36.6. The molecule has 4 nitrogen and oxygen atoms in total. The third-order valence-corrected chi connectivity index (χ3v) is 8.15. The molecule has 4 heteroatoms. The van der Waals surface area contributed by atoms with Crippen molar-refractivity contribution in [3.8, 4) is 67.5 Å². The van der Waals surface area contributed by atoms with Gasteiger partial charge in [-0.1, -0.05) is 158 Å². The van der Waals surface area contributed by atoms with Gasteiger partial charge in [0.25, 0.3) is 0 Å². The number of aromatic nitrogens is 3. The summed E-state index contributed by atoms with van der Waals surface area (Å²) in [6.45, 7) is 0. The maximum atomic E-state index is 9.61. The van der Waals surface area contributed by atoms with Crippen molar-refractivity contribution in [2.45, 2.75) is 0 Å². The summed E-state index contributed by atoms with van der Waals surface area (Å²) in [5.74, 6) is 0.211. The molecule has 2 heterocycles. The van der Waals surface area contributed by atoms with E-state index >= 15 is 0 Å². The maximum absolute atomic E-state index is 9.61. The Labute approximate surface area is 299 Å². The molecule has 0 amide bonds. The summed E-state index contributed by atoms with van der Waals surface area (Å²) in [6.07, 6.45) is 0. The Balaban J connectivity index is 1.32. The van der Waals surface area contributed by atoms with Crippen LogP contribution >= 0.6 is 0 Å². The molecule has 9 aromatic rings. The van der Waals surface area contributed by atoms with E-state index in [1.54, 1.807) is 0 Å². The minimum Gasteiger partial charge on any atom is -0.455 e. The van der Waals surface area contributed by atoms with Crippen molar-refractivity contribution < 1.29 is 19.5 Å². The highest BCUT2D eigenvalue weighted by Gasteiger charge is 2.16. The first-order chi connectivity index (χ1) is 28.8. The number of furan rings is 1. The van der Waals surface area contributed by atoms with Crippen LogP contribution in [0.1, 0.15) is 15.1 Å². The van der Waals surface area contributed by atoms with Crippen LogP contribution in [0.15, 0.2) is 180 Å². The molecule has 0 saturated heterocycles. The quantitative estimate of drug-likeness (QED) is 0.182. The summed E-state index contributed by atoms with van der Waals surface area (Å²) in [4.78, 5) is 14.4. The summed E-state index contributed by atoms with van der Waals surface area (Å²) in [7, 11) is 0. The Morgan fingerprint density at radius 2 is 0.959 bits per heavy atom. The second-order valence-electron chi connectivity index (χ2n) is 11.2. The van der Waals surface area contributed by atoms with Crippen LogP contribution in [-0.2, 0) is 0 Å². The number of hydrogen-bond donors (Lipinski definition) is 0. The minimum absolute atomic E-state index is 0.174. The lowest BCUT2D eigenvalue weighted by Gasteiger charge is -2.11. The zero-order chi connectivity index (χ0) is 42.1. The van der Waals surface area contributed by atoms with E-state index in [-0.39, 0.29) is 50.5 Å². The average Bonchev–Trinajstić information content (AvgIpc) is 3.69. The van der Waals surface area contributed by atoms with E-state index in [2.05, 4.69) is 0 Å². The van der Waals surface area contributed by atoms with Gasteiger partial charge in [0.15, 0.2) is 17.5 Å². The fourth-order valence-corrected chi connectivity index (χ4v) is 5.74. The van der Waals surface area contributed by atoms with Crippen molar-refractivity contribution in [1.82, 2.24) is 15.0 Å². The predicted molar refractivity (Wildman–Crippen MR) is 200 cm³/mol. The van der Waals surface area contributed by atoms with Gasteiger partial charge in [-0.05, 0) is 46.0 Å². The van der Waals surface area contributed by atoms with Gasteiger partial charge in [-0.15, -0.1) is 0 Å². The van der Waals surface area contributed by atoms with Crippen molar-refractivity contribution in [3.05, 3.63) is 176 Å². The number of benzene rings is 7. The normalized spacial score (nSPS) is 14.4. The van der Waals surface area contributed by atoms with E-state index in [0.29, 0.717) is 11.1 Å². The van der Waals surface area contributed by atoms with Crippen molar-refractivity contribution in [2.75, 3.05) is 0 Å². The van der Waals surface area contributed by atoms with E-state index in [0.717, 1.165) is 22.3 Å². The van der Waals surface area contributed by atoms with Gasteiger partial charge in [-0.2, -0.15) is 0 Å². The van der Waals surface area contributed by atoms with Crippen LogP contribution in [-0.4, -0.2) is 15.0 Å². The molecule has 0 radical (unpaired) electrons. The molecule has 0 aliphatic heterocycles.